The zero-order chi connectivity index (χ0) is 17.9. The average molecular weight is 355 g/mol. The van der Waals surface area contributed by atoms with E-state index in [2.05, 4.69) is 21.2 Å². The minimum atomic E-state index is 0.506. The van der Waals surface area contributed by atoms with Crippen LogP contribution in [0.4, 0.5) is 0 Å². The molecule has 2 heterocycles. The molecule has 6 heteroatoms. The molecule has 0 bridgehead atoms. The van der Waals surface area contributed by atoms with Crippen LogP contribution in [0.15, 0.2) is 24.3 Å². The number of hydrogen-bond donors (Lipinski definition) is 0. The normalized spacial score (nSPS) is 18.1. The summed E-state index contributed by atoms with van der Waals surface area (Å²) in [7, 11) is 3.27. The van der Waals surface area contributed by atoms with E-state index in [0.29, 0.717) is 18.5 Å². The summed E-state index contributed by atoms with van der Waals surface area (Å²) in [5, 5.41) is 8.36. The van der Waals surface area contributed by atoms with Gasteiger partial charge in [-0.05, 0) is 31.0 Å². The molecule has 0 unspecified atom stereocenters. The first-order valence-electron chi connectivity index (χ1n) is 9.24. The van der Waals surface area contributed by atoms with Crippen LogP contribution in [0.1, 0.15) is 31.2 Å². The number of aromatic nitrogens is 2. The largest absolute Gasteiger partial charge is 0.493 e. The van der Waals surface area contributed by atoms with E-state index in [1.54, 1.807) is 14.2 Å². The van der Waals surface area contributed by atoms with Crippen LogP contribution in [0.3, 0.4) is 0 Å². The Balaban J connectivity index is 1.69. The van der Waals surface area contributed by atoms with Gasteiger partial charge in [-0.15, -0.1) is 10.2 Å². The summed E-state index contributed by atoms with van der Waals surface area (Å²) < 4.78 is 16.8. The van der Waals surface area contributed by atoms with E-state index in [1.807, 2.05) is 18.2 Å². The van der Waals surface area contributed by atoms with Gasteiger partial charge in [-0.2, -0.15) is 0 Å². The van der Waals surface area contributed by atoms with E-state index < -0.39 is 0 Å². The first kappa shape index (κ1) is 17.1. The van der Waals surface area contributed by atoms with Crippen molar-refractivity contribution < 1.29 is 14.2 Å². The van der Waals surface area contributed by atoms with Crippen molar-refractivity contribution in [2.24, 2.45) is 0 Å². The van der Waals surface area contributed by atoms with Crippen molar-refractivity contribution >= 4 is 0 Å². The van der Waals surface area contributed by atoms with Crippen molar-refractivity contribution in [3.8, 4) is 28.6 Å². The molecule has 0 radical (unpaired) electrons. The molecule has 2 aliphatic rings. The lowest BCUT2D eigenvalue weighted by molar-refractivity contribution is 0.170. The molecule has 0 amide bonds. The second-order valence-corrected chi connectivity index (χ2v) is 6.88. The molecule has 0 atom stereocenters. The summed E-state index contributed by atoms with van der Waals surface area (Å²) in [6.45, 7) is 2.54. The number of rotatable bonds is 4. The Morgan fingerprint density at radius 1 is 1.08 bits per heavy atom. The van der Waals surface area contributed by atoms with Crippen LogP contribution in [0.25, 0.3) is 11.3 Å². The van der Waals surface area contributed by atoms with E-state index in [9.17, 15) is 0 Å². The van der Waals surface area contributed by atoms with E-state index in [4.69, 9.17) is 14.2 Å². The van der Waals surface area contributed by atoms with Crippen LogP contribution >= 0.6 is 0 Å². The summed E-state index contributed by atoms with van der Waals surface area (Å²) in [4.78, 5) is 2.56. The van der Waals surface area contributed by atoms with Crippen LogP contribution in [0.5, 0.6) is 17.4 Å². The van der Waals surface area contributed by atoms with E-state index in [1.165, 1.54) is 25.7 Å². The molecule has 26 heavy (non-hydrogen) atoms. The van der Waals surface area contributed by atoms with Gasteiger partial charge >= 0.3 is 0 Å². The quantitative estimate of drug-likeness (QED) is 0.839. The highest BCUT2D eigenvalue weighted by molar-refractivity contribution is 5.66. The number of nitrogens with zero attached hydrogens (tertiary/aromatic N) is 3. The molecule has 1 aliphatic carbocycles. The topological polar surface area (TPSA) is 56.7 Å². The van der Waals surface area contributed by atoms with Crippen LogP contribution in [0, 0.1) is 0 Å². The molecule has 1 saturated carbocycles. The molecule has 0 N–H and O–H groups in total. The van der Waals surface area contributed by atoms with Gasteiger partial charge in [0.2, 0.25) is 5.88 Å². The fourth-order valence-corrected chi connectivity index (χ4v) is 3.97. The third kappa shape index (κ3) is 3.33. The lowest BCUT2D eigenvalue weighted by atomic mass is 10.0. The maximum absolute atomic E-state index is 6.06. The third-order valence-corrected chi connectivity index (χ3v) is 5.34. The lowest BCUT2D eigenvalue weighted by Crippen LogP contribution is -2.34. The molecule has 1 aromatic carbocycles. The van der Waals surface area contributed by atoms with Crippen molar-refractivity contribution in [2.45, 2.75) is 38.3 Å². The molecule has 0 saturated heterocycles. The summed E-state index contributed by atoms with van der Waals surface area (Å²) >= 11 is 0. The number of benzene rings is 1. The summed E-state index contributed by atoms with van der Waals surface area (Å²) in [5.41, 5.74) is 2.93. The van der Waals surface area contributed by atoms with Crippen molar-refractivity contribution in [1.82, 2.24) is 15.1 Å². The van der Waals surface area contributed by atoms with Gasteiger partial charge in [0, 0.05) is 36.3 Å². The molecule has 4 rings (SSSR count). The van der Waals surface area contributed by atoms with Gasteiger partial charge in [0.05, 0.1) is 19.9 Å². The molecule has 1 aliphatic heterocycles. The van der Waals surface area contributed by atoms with Crippen LogP contribution in [-0.2, 0) is 6.54 Å². The van der Waals surface area contributed by atoms with Crippen molar-refractivity contribution in [1.29, 1.82) is 0 Å². The number of hydrogen-bond acceptors (Lipinski definition) is 6. The predicted molar refractivity (Wildman–Crippen MR) is 98.7 cm³/mol. The Morgan fingerprint density at radius 3 is 2.62 bits per heavy atom. The standard InChI is InChI=1S/C20H25N3O3/c1-24-18-12-14(17-7-8-19(25-2)22-21-17)11-15-13-23(9-10-26-20(15)18)16-5-3-4-6-16/h7-8,11-12,16H,3-6,9-10,13H2,1-2H3. The van der Waals surface area contributed by atoms with Gasteiger partial charge in [0.25, 0.3) is 0 Å². The Morgan fingerprint density at radius 2 is 1.92 bits per heavy atom. The van der Waals surface area contributed by atoms with Gasteiger partial charge in [-0.1, -0.05) is 12.8 Å². The molecule has 6 nitrogen and oxygen atoms in total. The van der Waals surface area contributed by atoms with Gasteiger partial charge in [0.15, 0.2) is 11.5 Å². The maximum Gasteiger partial charge on any atom is 0.233 e. The zero-order valence-electron chi connectivity index (χ0n) is 15.4. The average Bonchev–Trinajstić information content (AvgIpc) is 3.14. The molecular formula is C20H25N3O3. The van der Waals surface area contributed by atoms with Gasteiger partial charge in [-0.25, -0.2) is 0 Å². The molecule has 2 aromatic rings. The number of ether oxygens (including phenoxy) is 3. The van der Waals surface area contributed by atoms with Crippen molar-refractivity contribution in [2.75, 3.05) is 27.4 Å². The van der Waals surface area contributed by atoms with Gasteiger partial charge in [-0.3, -0.25) is 4.90 Å². The van der Waals surface area contributed by atoms with Crippen LogP contribution in [-0.4, -0.2) is 48.5 Å². The second-order valence-electron chi connectivity index (χ2n) is 6.88. The highest BCUT2D eigenvalue weighted by Crippen LogP contribution is 2.39. The van der Waals surface area contributed by atoms with Crippen LogP contribution in [0.2, 0.25) is 0 Å². The zero-order valence-corrected chi connectivity index (χ0v) is 15.4. The number of methoxy groups -OCH3 is 2. The molecule has 138 valence electrons. The lowest BCUT2D eigenvalue weighted by Gasteiger charge is -2.26. The molecule has 0 spiro atoms. The highest BCUT2D eigenvalue weighted by Gasteiger charge is 2.27. The van der Waals surface area contributed by atoms with E-state index in [-0.39, 0.29) is 0 Å². The van der Waals surface area contributed by atoms with E-state index >= 15 is 0 Å². The Hall–Kier alpha value is -2.34. The van der Waals surface area contributed by atoms with Gasteiger partial charge in [0.1, 0.15) is 6.61 Å². The Labute approximate surface area is 154 Å². The highest BCUT2D eigenvalue weighted by atomic mass is 16.5. The van der Waals surface area contributed by atoms with Crippen molar-refractivity contribution in [3.05, 3.63) is 29.8 Å². The summed E-state index contributed by atoms with van der Waals surface area (Å²) in [5.74, 6) is 2.12. The molecular weight excluding hydrogens is 330 g/mol. The van der Waals surface area contributed by atoms with E-state index in [0.717, 1.165) is 41.4 Å². The third-order valence-electron chi connectivity index (χ3n) is 5.34. The minimum absolute atomic E-state index is 0.506. The molecule has 1 fully saturated rings. The van der Waals surface area contributed by atoms with Gasteiger partial charge < -0.3 is 14.2 Å². The predicted octanol–water partition coefficient (Wildman–Crippen LogP) is 3.30. The minimum Gasteiger partial charge on any atom is -0.493 e. The Kier molecular flexibility index (Phi) is 4.93. The van der Waals surface area contributed by atoms with Crippen LogP contribution < -0.4 is 14.2 Å². The van der Waals surface area contributed by atoms with Crippen molar-refractivity contribution in [3.63, 3.8) is 0 Å². The first-order valence-corrected chi connectivity index (χ1v) is 9.24. The summed E-state index contributed by atoms with van der Waals surface area (Å²) in [6.07, 6.45) is 5.24. The second kappa shape index (κ2) is 7.50. The fourth-order valence-electron chi connectivity index (χ4n) is 3.97. The molecule has 1 aromatic heterocycles. The monoisotopic (exact) mass is 355 g/mol. The number of fused-ring (bicyclic) bond motifs is 1. The Bertz CT molecular complexity index is 758. The SMILES string of the molecule is COc1ccc(-c2cc3c(c(OC)c2)OCCN(C2CCCC2)C3)nn1. The first-order chi connectivity index (χ1) is 12.8. The smallest absolute Gasteiger partial charge is 0.233 e. The maximum atomic E-state index is 6.06. The summed E-state index contributed by atoms with van der Waals surface area (Å²) in [6, 6.07) is 8.53. The fraction of sp³-hybridized carbons (Fsp3) is 0.500.